The number of hydrogen-bond acceptors (Lipinski definition) is 3. The van der Waals surface area contributed by atoms with Crippen LogP contribution < -0.4 is 10.6 Å². The molecular formula is C19H18N2O2. The summed E-state index contributed by atoms with van der Waals surface area (Å²) >= 11 is 0. The maximum absolute atomic E-state index is 11.9. The van der Waals surface area contributed by atoms with Gasteiger partial charge in [0.25, 0.3) is 5.91 Å². The Hall–Kier alpha value is -3.01. The van der Waals surface area contributed by atoms with Crippen LogP contribution in [0.4, 0.5) is 17.1 Å². The molecule has 0 radical (unpaired) electrons. The van der Waals surface area contributed by atoms with Crippen LogP contribution in [0.5, 0.6) is 0 Å². The molecule has 2 aromatic carbocycles. The molecule has 0 spiro atoms. The molecule has 0 aliphatic carbocycles. The van der Waals surface area contributed by atoms with Gasteiger partial charge in [0.2, 0.25) is 0 Å². The highest BCUT2D eigenvalue weighted by Crippen LogP contribution is 2.20. The first-order valence-corrected chi connectivity index (χ1v) is 7.55. The van der Waals surface area contributed by atoms with Gasteiger partial charge in [0.15, 0.2) is 5.76 Å². The van der Waals surface area contributed by atoms with Gasteiger partial charge in [-0.05, 0) is 60.5 Å². The molecule has 0 aliphatic heterocycles. The van der Waals surface area contributed by atoms with E-state index in [1.165, 1.54) is 11.8 Å². The van der Waals surface area contributed by atoms with Gasteiger partial charge in [-0.1, -0.05) is 19.1 Å². The summed E-state index contributed by atoms with van der Waals surface area (Å²) in [6.07, 6.45) is 2.51. The third-order valence-corrected chi connectivity index (χ3v) is 3.54. The van der Waals surface area contributed by atoms with Crippen LogP contribution in [-0.2, 0) is 6.42 Å². The highest BCUT2D eigenvalue weighted by molar-refractivity contribution is 6.02. The summed E-state index contributed by atoms with van der Waals surface area (Å²) in [7, 11) is 0. The minimum Gasteiger partial charge on any atom is -0.459 e. The van der Waals surface area contributed by atoms with Crippen molar-refractivity contribution in [2.75, 3.05) is 10.6 Å². The molecule has 1 amide bonds. The van der Waals surface area contributed by atoms with E-state index < -0.39 is 0 Å². The normalized spacial score (nSPS) is 10.3. The average molecular weight is 306 g/mol. The van der Waals surface area contributed by atoms with Gasteiger partial charge < -0.3 is 15.1 Å². The molecule has 1 heterocycles. The van der Waals surface area contributed by atoms with Crippen molar-refractivity contribution in [1.82, 2.24) is 0 Å². The van der Waals surface area contributed by atoms with Gasteiger partial charge in [0, 0.05) is 17.1 Å². The number of aryl methyl sites for hydroxylation is 1. The summed E-state index contributed by atoms with van der Waals surface area (Å²) in [5.41, 5.74) is 4.03. The molecule has 1 aromatic heterocycles. The van der Waals surface area contributed by atoms with Crippen molar-refractivity contribution in [3.8, 4) is 0 Å². The zero-order chi connectivity index (χ0) is 16.1. The Kier molecular flexibility index (Phi) is 4.43. The summed E-state index contributed by atoms with van der Waals surface area (Å²) in [6, 6.07) is 19.2. The molecule has 0 fully saturated rings. The topological polar surface area (TPSA) is 54.3 Å². The fraction of sp³-hybridized carbons (Fsp3) is 0.105. The Balaban J connectivity index is 1.63. The number of hydrogen-bond donors (Lipinski definition) is 2. The van der Waals surface area contributed by atoms with E-state index in [9.17, 15) is 4.79 Å². The summed E-state index contributed by atoms with van der Waals surface area (Å²) in [6.45, 7) is 2.14. The standard InChI is InChI=1S/C19H18N2O2/c1-2-14-5-7-15(8-6-14)20-16-9-11-17(12-10-16)21-19(22)18-4-3-13-23-18/h3-13,20H,2H2,1H3,(H,21,22). The molecule has 116 valence electrons. The Labute approximate surface area is 135 Å². The second-order valence-electron chi connectivity index (χ2n) is 5.18. The van der Waals surface area contributed by atoms with Gasteiger partial charge >= 0.3 is 0 Å². The van der Waals surface area contributed by atoms with E-state index in [0.717, 1.165) is 23.5 Å². The van der Waals surface area contributed by atoms with Crippen LogP contribution in [0.3, 0.4) is 0 Å². The molecule has 0 aliphatic rings. The molecule has 0 saturated heterocycles. The summed E-state index contributed by atoms with van der Waals surface area (Å²) in [5.74, 6) is 0.0362. The largest absolute Gasteiger partial charge is 0.459 e. The molecule has 0 atom stereocenters. The van der Waals surface area contributed by atoms with Crippen molar-refractivity contribution in [3.63, 3.8) is 0 Å². The Morgan fingerprint density at radius 3 is 2.09 bits per heavy atom. The zero-order valence-electron chi connectivity index (χ0n) is 12.9. The van der Waals surface area contributed by atoms with Crippen molar-refractivity contribution in [2.45, 2.75) is 13.3 Å². The number of benzene rings is 2. The van der Waals surface area contributed by atoms with Crippen molar-refractivity contribution >= 4 is 23.0 Å². The number of carbonyl (C=O) groups excluding carboxylic acids is 1. The van der Waals surface area contributed by atoms with Gasteiger partial charge in [-0.3, -0.25) is 4.79 Å². The first kappa shape index (κ1) is 14.9. The summed E-state index contributed by atoms with van der Waals surface area (Å²) in [4.78, 5) is 11.9. The third kappa shape index (κ3) is 3.80. The van der Waals surface area contributed by atoms with Crippen molar-refractivity contribution in [3.05, 3.63) is 78.3 Å². The van der Waals surface area contributed by atoms with Gasteiger partial charge in [0.05, 0.1) is 6.26 Å². The molecular weight excluding hydrogens is 288 g/mol. The maximum atomic E-state index is 11.9. The zero-order valence-corrected chi connectivity index (χ0v) is 12.9. The first-order valence-electron chi connectivity index (χ1n) is 7.55. The monoisotopic (exact) mass is 306 g/mol. The molecule has 23 heavy (non-hydrogen) atoms. The molecule has 2 N–H and O–H groups in total. The van der Waals surface area contributed by atoms with Gasteiger partial charge in [0.1, 0.15) is 0 Å². The van der Waals surface area contributed by atoms with Crippen LogP contribution in [0, 0.1) is 0 Å². The minimum absolute atomic E-state index is 0.258. The van der Waals surface area contributed by atoms with Crippen LogP contribution in [0.1, 0.15) is 23.0 Å². The molecule has 0 bridgehead atoms. The van der Waals surface area contributed by atoms with Crippen LogP contribution in [0.15, 0.2) is 71.3 Å². The van der Waals surface area contributed by atoms with Crippen LogP contribution >= 0.6 is 0 Å². The smallest absolute Gasteiger partial charge is 0.291 e. The van der Waals surface area contributed by atoms with Crippen molar-refractivity contribution < 1.29 is 9.21 Å². The Morgan fingerprint density at radius 2 is 1.52 bits per heavy atom. The molecule has 4 nitrogen and oxygen atoms in total. The fourth-order valence-corrected chi connectivity index (χ4v) is 2.23. The predicted octanol–water partition coefficient (Wildman–Crippen LogP) is 4.84. The van der Waals surface area contributed by atoms with E-state index in [4.69, 9.17) is 4.42 Å². The molecule has 0 unspecified atom stereocenters. The van der Waals surface area contributed by atoms with Crippen LogP contribution in [0.2, 0.25) is 0 Å². The number of amides is 1. The van der Waals surface area contributed by atoms with E-state index in [2.05, 4.69) is 41.8 Å². The minimum atomic E-state index is -0.258. The summed E-state index contributed by atoms with van der Waals surface area (Å²) in [5, 5.41) is 6.12. The molecule has 0 saturated carbocycles. The molecule has 4 heteroatoms. The second kappa shape index (κ2) is 6.83. The lowest BCUT2D eigenvalue weighted by atomic mass is 10.1. The number of rotatable bonds is 5. The van der Waals surface area contributed by atoms with Crippen molar-refractivity contribution in [2.24, 2.45) is 0 Å². The Morgan fingerprint density at radius 1 is 0.913 bits per heavy atom. The van der Waals surface area contributed by atoms with Crippen molar-refractivity contribution in [1.29, 1.82) is 0 Å². The van der Waals surface area contributed by atoms with Gasteiger partial charge in [-0.2, -0.15) is 0 Å². The van der Waals surface area contributed by atoms with E-state index in [0.29, 0.717) is 5.76 Å². The summed E-state index contributed by atoms with van der Waals surface area (Å²) < 4.78 is 5.06. The SMILES string of the molecule is CCc1ccc(Nc2ccc(NC(=O)c3ccco3)cc2)cc1. The first-order chi connectivity index (χ1) is 11.2. The lowest BCUT2D eigenvalue weighted by molar-refractivity contribution is 0.0996. The fourth-order valence-electron chi connectivity index (χ4n) is 2.23. The number of anilines is 3. The molecule has 3 aromatic rings. The molecule has 3 rings (SSSR count). The highest BCUT2D eigenvalue weighted by atomic mass is 16.3. The van der Waals surface area contributed by atoms with E-state index in [-0.39, 0.29) is 5.91 Å². The number of nitrogens with one attached hydrogen (secondary N) is 2. The lowest BCUT2D eigenvalue weighted by Gasteiger charge is -2.09. The number of carbonyl (C=O) groups is 1. The van der Waals surface area contributed by atoms with E-state index in [1.54, 1.807) is 12.1 Å². The Bertz CT molecular complexity index is 760. The van der Waals surface area contributed by atoms with Crippen LogP contribution in [-0.4, -0.2) is 5.91 Å². The van der Waals surface area contributed by atoms with E-state index >= 15 is 0 Å². The third-order valence-electron chi connectivity index (χ3n) is 3.54. The second-order valence-corrected chi connectivity index (χ2v) is 5.18. The average Bonchev–Trinajstić information content (AvgIpc) is 3.12. The van der Waals surface area contributed by atoms with Gasteiger partial charge in [-0.25, -0.2) is 0 Å². The van der Waals surface area contributed by atoms with Crippen LogP contribution in [0.25, 0.3) is 0 Å². The maximum Gasteiger partial charge on any atom is 0.291 e. The quantitative estimate of drug-likeness (QED) is 0.709. The highest BCUT2D eigenvalue weighted by Gasteiger charge is 2.08. The predicted molar refractivity (Wildman–Crippen MR) is 92.2 cm³/mol. The van der Waals surface area contributed by atoms with Gasteiger partial charge in [-0.15, -0.1) is 0 Å². The number of furan rings is 1. The van der Waals surface area contributed by atoms with E-state index in [1.807, 2.05) is 24.3 Å². The lowest BCUT2D eigenvalue weighted by Crippen LogP contribution is -2.10.